The summed E-state index contributed by atoms with van der Waals surface area (Å²) in [7, 11) is 0. The quantitative estimate of drug-likeness (QED) is 0.627. The van der Waals surface area contributed by atoms with Gasteiger partial charge in [0.05, 0.1) is 18.8 Å². The number of carbonyl (C=O) groups is 1. The molecule has 2 N–H and O–H groups in total. The van der Waals surface area contributed by atoms with Crippen molar-refractivity contribution in [2.75, 3.05) is 39.5 Å². The van der Waals surface area contributed by atoms with E-state index >= 15 is 0 Å². The lowest BCUT2D eigenvalue weighted by Crippen LogP contribution is -2.38. The first-order valence-corrected chi connectivity index (χ1v) is 10.1. The molecule has 7 nitrogen and oxygen atoms in total. The first-order chi connectivity index (χ1) is 14.7. The summed E-state index contributed by atoms with van der Waals surface area (Å²) in [5.41, 5.74) is 1.65. The number of amides is 1. The average Bonchev–Trinajstić information content (AvgIpc) is 2.78. The van der Waals surface area contributed by atoms with Crippen molar-refractivity contribution in [3.05, 3.63) is 76.1 Å². The summed E-state index contributed by atoms with van der Waals surface area (Å²) >= 11 is 0. The minimum atomic E-state index is -0.297. The maximum Gasteiger partial charge on any atom is 0.252 e. The Hall–Kier alpha value is -3.16. The van der Waals surface area contributed by atoms with E-state index in [1.54, 1.807) is 6.07 Å². The lowest BCUT2D eigenvalue weighted by molar-refractivity contribution is 0.0322. The van der Waals surface area contributed by atoms with Crippen LogP contribution >= 0.6 is 0 Å². The zero-order valence-electron chi connectivity index (χ0n) is 16.7. The second-order valence-corrected chi connectivity index (χ2v) is 7.23. The maximum atomic E-state index is 12.7. The Balaban J connectivity index is 1.35. The molecule has 1 fully saturated rings. The van der Waals surface area contributed by atoms with Crippen LogP contribution in [-0.4, -0.2) is 55.2 Å². The van der Waals surface area contributed by atoms with Gasteiger partial charge in [0.2, 0.25) is 5.56 Å². The number of rotatable bonds is 7. The second kappa shape index (κ2) is 9.56. The normalized spacial score (nSPS) is 14.5. The number of hydrogen-bond acceptors (Lipinski definition) is 5. The highest BCUT2D eigenvalue weighted by molar-refractivity contribution is 6.05. The van der Waals surface area contributed by atoms with Crippen molar-refractivity contribution in [2.45, 2.75) is 6.54 Å². The highest BCUT2D eigenvalue weighted by Crippen LogP contribution is 2.16. The van der Waals surface area contributed by atoms with E-state index in [1.807, 2.05) is 42.5 Å². The van der Waals surface area contributed by atoms with Gasteiger partial charge in [-0.15, -0.1) is 0 Å². The standard InChI is InChI=1S/C23H25N3O4/c27-22-15-20(19-6-1-2-7-21(19)25-22)23(28)24-16-17-4-3-5-18(14-17)30-13-10-26-8-11-29-12-9-26/h1-7,14-15H,8-13,16H2,(H,24,28)(H,25,27). The summed E-state index contributed by atoms with van der Waals surface area (Å²) in [5, 5.41) is 3.62. The Bertz CT molecular complexity index is 1070. The molecule has 1 aromatic heterocycles. The third-order valence-electron chi connectivity index (χ3n) is 5.13. The molecule has 0 aliphatic carbocycles. The average molecular weight is 407 g/mol. The lowest BCUT2D eigenvalue weighted by atomic mass is 10.1. The molecule has 0 unspecified atom stereocenters. The molecule has 2 heterocycles. The summed E-state index contributed by atoms with van der Waals surface area (Å²) in [6.45, 7) is 5.24. The van der Waals surface area contributed by atoms with E-state index in [9.17, 15) is 9.59 Å². The van der Waals surface area contributed by atoms with Gasteiger partial charge in [-0.3, -0.25) is 14.5 Å². The van der Waals surface area contributed by atoms with E-state index in [0.29, 0.717) is 24.2 Å². The number of benzene rings is 2. The lowest BCUT2D eigenvalue weighted by Gasteiger charge is -2.26. The molecular formula is C23H25N3O4. The van der Waals surface area contributed by atoms with Crippen LogP contribution in [0.1, 0.15) is 15.9 Å². The fourth-order valence-electron chi connectivity index (χ4n) is 3.53. The highest BCUT2D eigenvalue weighted by atomic mass is 16.5. The fraction of sp³-hybridized carbons (Fsp3) is 0.304. The van der Waals surface area contributed by atoms with Crippen molar-refractivity contribution < 1.29 is 14.3 Å². The zero-order chi connectivity index (χ0) is 20.8. The van der Waals surface area contributed by atoms with Gasteiger partial charge in [-0.2, -0.15) is 0 Å². The summed E-state index contributed by atoms with van der Waals surface area (Å²) in [5.74, 6) is 0.493. The van der Waals surface area contributed by atoms with Gasteiger partial charge < -0.3 is 19.8 Å². The van der Waals surface area contributed by atoms with Crippen LogP contribution in [0.2, 0.25) is 0 Å². The third-order valence-corrected chi connectivity index (χ3v) is 5.13. The van der Waals surface area contributed by atoms with Gasteiger partial charge in [-0.1, -0.05) is 30.3 Å². The number of ether oxygens (including phenoxy) is 2. The Labute approximate surface area is 174 Å². The van der Waals surface area contributed by atoms with Crippen molar-refractivity contribution in [3.63, 3.8) is 0 Å². The molecule has 0 bridgehead atoms. The monoisotopic (exact) mass is 407 g/mol. The molecule has 3 aromatic rings. The summed E-state index contributed by atoms with van der Waals surface area (Å²) in [4.78, 5) is 29.7. The molecule has 0 atom stereocenters. The van der Waals surface area contributed by atoms with Crippen LogP contribution in [0.3, 0.4) is 0 Å². The molecule has 7 heteroatoms. The number of fused-ring (bicyclic) bond motifs is 1. The molecule has 156 valence electrons. The van der Waals surface area contributed by atoms with Gasteiger partial charge in [0, 0.05) is 43.1 Å². The molecule has 4 rings (SSSR count). The van der Waals surface area contributed by atoms with Crippen molar-refractivity contribution in [3.8, 4) is 5.75 Å². The number of aromatic nitrogens is 1. The topological polar surface area (TPSA) is 83.7 Å². The van der Waals surface area contributed by atoms with Crippen molar-refractivity contribution in [2.24, 2.45) is 0 Å². The Morgan fingerprint density at radius 2 is 1.93 bits per heavy atom. The number of aromatic amines is 1. The Kier molecular flexibility index (Phi) is 6.41. The summed E-state index contributed by atoms with van der Waals surface area (Å²) in [6.07, 6.45) is 0. The Morgan fingerprint density at radius 1 is 1.10 bits per heavy atom. The van der Waals surface area contributed by atoms with Crippen LogP contribution in [0.4, 0.5) is 0 Å². The second-order valence-electron chi connectivity index (χ2n) is 7.23. The Morgan fingerprint density at radius 3 is 2.80 bits per heavy atom. The van der Waals surface area contributed by atoms with Crippen LogP contribution < -0.4 is 15.6 Å². The van der Waals surface area contributed by atoms with Crippen molar-refractivity contribution in [1.82, 2.24) is 15.2 Å². The van der Waals surface area contributed by atoms with Gasteiger partial charge in [-0.05, 0) is 23.8 Å². The van der Waals surface area contributed by atoms with Crippen LogP contribution in [0, 0.1) is 0 Å². The van der Waals surface area contributed by atoms with Crippen LogP contribution in [0.15, 0.2) is 59.4 Å². The molecule has 1 saturated heterocycles. The minimum Gasteiger partial charge on any atom is -0.492 e. The number of nitrogens with zero attached hydrogens (tertiary/aromatic N) is 1. The fourth-order valence-corrected chi connectivity index (χ4v) is 3.53. The van der Waals surface area contributed by atoms with Gasteiger partial charge in [0.25, 0.3) is 5.91 Å². The number of carbonyl (C=O) groups excluding carboxylic acids is 1. The summed E-state index contributed by atoms with van der Waals surface area (Å²) < 4.78 is 11.2. The smallest absolute Gasteiger partial charge is 0.252 e. The molecule has 2 aromatic carbocycles. The van der Waals surface area contributed by atoms with E-state index in [1.165, 1.54) is 6.07 Å². The first kappa shape index (κ1) is 20.1. The van der Waals surface area contributed by atoms with E-state index in [4.69, 9.17) is 9.47 Å². The van der Waals surface area contributed by atoms with Gasteiger partial charge in [0.15, 0.2) is 0 Å². The van der Waals surface area contributed by atoms with Gasteiger partial charge in [0.1, 0.15) is 12.4 Å². The molecule has 0 radical (unpaired) electrons. The number of pyridine rings is 1. The van der Waals surface area contributed by atoms with Crippen LogP contribution in [0.25, 0.3) is 10.9 Å². The SMILES string of the molecule is O=C(NCc1cccc(OCCN2CCOCC2)c1)c1cc(=O)[nH]c2ccccc12. The maximum absolute atomic E-state index is 12.7. The third kappa shape index (κ3) is 5.06. The van der Waals surface area contributed by atoms with Crippen LogP contribution in [0.5, 0.6) is 5.75 Å². The molecule has 1 amide bonds. The van der Waals surface area contributed by atoms with Gasteiger partial charge in [-0.25, -0.2) is 0 Å². The molecular weight excluding hydrogens is 382 g/mol. The number of para-hydroxylation sites is 1. The number of nitrogens with one attached hydrogen (secondary N) is 2. The molecule has 1 aliphatic heterocycles. The predicted octanol–water partition coefficient (Wildman–Crippen LogP) is 2.17. The van der Waals surface area contributed by atoms with Crippen molar-refractivity contribution in [1.29, 1.82) is 0 Å². The minimum absolute atomic E-state index is 0.282. The van der Waals surface area contributed by atoms with E-state index < -0.39 is 0 Å². The van der Waals surface area contributed by atoms with E-state index in [2.05, 4.69) is 15.2 Å². The van der Waals surface area contributed by atoms with Crippen LogP contribution in [-0.2, 0) is 11.3 Å². The summed E-state index contributed by atoms with van der Waals surface area (Å²) in [6, 6.07) is 16.3. The van der Waals surface area contributed by atoms with Crippen molar-refractivity contribution >= 4 is 16.8 Å². The number of morpholine rings is 1. The molecule has 0 spiro atoms. The molecule has 1 aliphatic rings. The van der Waals surface area contributed by atoms with E-state index in [0.717, 1.165) is 49.5 Å². The number of H-pyrrole nitrogens is 1. The molecule has 0 saturated carbocycles. The first-order valence-electron chi connectivity index (χ1n) is 10.1. The zero-order valence-corrected chi connectivity index (χ0v) is 16.7. The highest BCUT2D eigenvalue weighted by Gasteiger charge is 2.12. The molecule has 30 heavy (non-hydrogen) atoms. The van der Waals surface area contributed by atoms with E-state index in [-0.39, 0.29) is 11.5 Å². The predicted molar refractivity (Wildman–Crippen MR) is 115 cm³/mol. The number of hydrogen-bond donors (Lipinski definition) is 2. The van der Waals surface area contributed by atoms with Gasteiger partial charge >= 0.3 is 0 Å². The largest absolute Gasteiger partial charge is 0.492 e.